The van der Waals surface area contributed by atoms with Gasteiger partial charge in [0.05, 0.1) is 17.3 Å². The molecule has 1 fully saturated rings. The first-order valence-corrected chi connectivity index (χ1v) is 11.7. The van der Waals surface area contributed by atoms with E-state index in [-0.39, 0.29) is 17.9 Å². The fourth-order valence-electron chi connectivity index (χ4n) is 4.36. The number of aryl methyl sites for hydroxylation is 2. The van der Waals surface area contributed by atoms with Crippen LogP contribution in [0.2, 0.25) is 0 Å². The van der Waals surface area contributed by atoms with Crippen LogP contribution >= 0.6 is 28.1 Å². The Hall–Kier alpha value is -3.03. The van der Waals surface area contributed by atoms with Crippen molar-refractivity contribution in [3.05, 3.63) is 106 Å². The van der Waals surface area contributed by atoms with E-state index in [2.05, 4.69) is 63.2 Å². The molecule has 0 radical (unpaired) electrons. The number of nitrogens with zero attached hydrogens (tertiary/aromatic N) is 2. The molecule has 0 bridgehead atoms. The molecular weight excluding hydrogens is 501 g/mol. The number of thiocarbonyl (C=S) groups is 1. The number of rotatable bonds is 4. The minimum atomic E-state index is -0.349. The summed E-state index contributed by atoms with van der Waals surface area (Å²) in [6, 6.07) is 20.3. The molecule has 7 heteroatoms. The Morgan fingerprint density at radius 1 is 1.03 bits per heavy atom. The van der Waals surface area contributed by atoms with Gasteiger partial charge in [-0.15, -0.1) is 0 Å². The standard InChI is InChI=1S/C26H21BrFN3OS/c1-15-11-16(2)13-18(12-15)31-25(24(30-26(31)33)21-5-3-4-10-29-21)23-9-8-22(32-23)19-7-6-17(27)14-20(19)28/h3-14,24-25H,1-2H3,(H,30,33)/t24-,25+/m1/s1. The molecule has 166 valence electrons. The Labute approximate surface area is 205 Å². The van der Waals surface area contributed by atoms with Gasteiger partial charge in [-0.3, -0.25) is 4.98 Å². The Morgan fingerprint density at radius 2 is 1.82 bits per heavy atom. The summed E-state index contributed by atoms with van der Waals surface area (Å²) in [5.41, 5.74) is 4.52. The molecule has 0 aliphatic carbocycles. The lowest BCUT2D eigenvalue weighted by Crippen LogP contribution is -2.29. The van der Waals surface area contributed by atoms with Crippen LogP contribution in [-0.4, -0.2) is 10.1 Å². The summed E-state index contributed by atoms with van der Waals surface area (Å²) in [4.78, 5) is 6.63. The largest absolute Gasteiger partial charge is 0.459 e. The van der Waals surface area contributed by atoms with Crippen LogP contribution in [0.1, 0.15) is 34.7 Å². The van der Waals surface area contributed by atoms with E-state index in [0.717, 1.165) is 22.5 Å². The van der Waals surface area contributed by atoms with E-state index in [1.807, 2.05) is 24.3 Å². The average molecular weight is 522 g/mol. The van der Waals surface area contributed by atoms with Crippen LogP contribution in [0.15, 0.2) is 81.8 Å². The quantitative estimate of drug-likeness (QED) is 0.291. The zero-order valence-electron chi connectivity index (χ0n) is 18.0. The van der Waals surface area contributed by atoms with Crippen molar-refractivity contribution in [2.45, 2.75) is 25.9 Å². The first kappa shape index (κ1) is 21.8. The van der Waals surface area contributed by atoms with E-state index < -0.39 is 0 Å². The molecule has 4 aromatic rings. The van der Waals surface area contributed by atoms with Gasteiger partial charge in [-0.05, 0) is 91.8 Å². The third-order valence-electron chi connectivity index (χ3n) is 5.70. The molecule has 2 aromatic heterocycles. The van der Waals surface area contributed by atoms with E-state index in [0.29, 0.717) is 26.7 Å². The van der Waals surface area contributed by atoms with Gasteiger partial charge in [0.1, 0.15) is 23.4 Å². The molecule has 33 heavy (non-hydrogen) atoms. The highest BCUT2D eigenvalue weighted by atomic mass is 79.9. The van der Waals surface area contributed by atoms with Gasteiger partial charge in [0.15, 0.2) is 5.11 Å². The topological polar surface area (TPSA) is 41.3 Å². The number of pyridine rings is 1. The van der Waals surface area contributed by atoms with E-state index in [4.69, 9.17) is 16.6 Å². The number of halogens is 2. The predicted octanol–water partition coefficient (Wildman–Crippen LogP) is 7.04. The second kappa shape index (κ2) is 8.72. The molecule has 1 aliphatic rings. The number of anilines is 1. The summed E-state index contributed by atoms with van der Waals surface area (Å²) in [7, 11) is 0. The van der Waals surface area contributed by atoms with Gasteiger partial charge >= 0.3 is 0 Å². The Bertz CT molecular complexity index is 1320. The molecule has 2 aromatic carbocycles. The van der Waals surface area contributed by atoms with Crippen LogP contribution in [0.25, 0.3) is 11.3 Å². The number of nitrogens with one attached hydrogen (secondary N) is 1. The van der Waals surface area contributed by atoms with Gasteiger partial charge in [-0.1, -0.05) is 28.1 Å². The summed E-state index contributed by atoms with van der Waals surface area (Å²) in [6.45, 7) is 4.13. The molecule has 0 spiro atoms. The van der Waals surface area contributed by atoms with Crippen molar-refractivity contribution in [2.24, 2.45) is 0 Å². The molecule has 1 aliphatic heterocycles. The molecule has 2 atom stereocenters. The highest BCUT2D eigenvalue weighted by molar-refractivity contribution is 9.10. The van der Waals surface area contributed by atoms with E-state index >= 15 is 0 Å². The second-order valence-corrected chi connectivity index (χ2v) is 9.47. The van der Waals surface area contributed by atoms with Gasteiger partial charge < -0.3 is 14.6 Å². The maximum atomic E-state index is 14.6. The minimum Gasteiger partial charge on any atom is -0.459 e. The summed E-state index contributed by atoms with van der Waals surface area (Å²) in [5, 5.41) is 4.02. The molecule has 1 N–H and O–H groups in total. The molecule has 1 saturated heterocycles. The Morgan fingerprint density at radius 3 is 2.52 bits per heavy atom. The van der Waals surface area contributed by atoms with Crippen molar-refractivity contribution in [2.75, 3.05) is 4.90 Å². The molecule has 3 heterocycles. The van der Waals surface area contributed by atoms with Gasteiger partial charge in [0.25, 0.3) is 0 Å². The number of hydrogen-bond acceptors (Lipinski definition) is 3. The maximum absolute atomic E-state index is 14.6. The van der Waals surface area contributed by atoms with Gasteiger partial charge in [-0.2, -0.15) is 0 Å². The van der Waals surface area contributed by atoms with E-state index in [9.17, 15) is 4.39 Å². The zero-order chi connectivity index (χ0) is 23.1. The first-order valence-electron chi connectivity index (χ1n) is 10.5. The van der Waals surface area contributed by atoms with Gasteiger partial charge in [0.2, 0.25) is 0 Å². The van der Waals surface area contributed by atoms with Crippen LogP contribution in [0.5, 0.6) is 0 Å². The van der Waals surface area contributed by atoms with Crippen LogP contribution in [0.4, 0.5) is 10.1 Å². The van der Waals surface area contributed by atoms with Crippen molar-refractivity contribution in [1.82, 2.24) is 10.3 Å². The summed E-state index contributed by atoms with van der Waals surface area (Å²) in [5.74, 6) is 0.792. The first-order chi connectivity index (χ1) is 15.9. The van der Waals surface area contributed by atoms with Crippen molar-refractivity contribution in [3.63, 3.8) is 0 Å². The summed E-state index contributed by atoms with van der Waals surface area (Å²) >= 11 is 9.09. The monoisotopic (exact) mass is 521 g/mol. The van der Waals surface area contributed by atoms with E-state index in [1.165, 1.54) is 6.07 Å². The molecule has 0 unspecified atom stereocenters. The smallest absolute Gasteiger partial charge is 0.174 e. The number of aromatic nitrogens is 1. The molecule has 5 rings (SSSR count). The lowest BCUT2D eigenvalue weighted by atomic mass is 10.0. The zero-order valence-corrected chi connectivity index (χ0v) is 20.5. The minimum absolute atomic E-state index is 0.228. The highest BCUT2D eigenvalue weighted by Crippen LogP contribution is 2.43. The average Bonchev–Trinajstić information content (AvgIpc) is 3.38. The van der Waals surface area contributed by atoms with Crippen molar-refractivity contribution >= 4 is 38.9 Å². The van der Waals surface area contributed by atoms with Crippen LogP contribution in [-0.2, 0) is 0 Å². The van der Waals surface area contributed by atoms with Crippen LogP contribution in [0.3, 0.4) is 0 Å². The lowest BCUT2D eigenvalue weighted by molar-refractivity contribution is 0.438. The van der Waals surface area contributed by atoms with Crippen molar-refractivity contribution in [3.8, 4) is 11.3 Å². The van der Waals surface area contributed by atoms with Gasteiger partial charge in [-0.25, -0.2) is 4.39 Å². The Kier molecular flexibility index (Phi) is 5.76. The summed E-state index contributed by atoms with van der Waals surface area (Å²) < 4.78 is 21.6. The van der Waals surface area contributed by atoms with E-state index in [1.54, 1.807) is 24.4 Å². The van der Waals surface area contributed by atoms with Gasteiger partial charge in [0, 0.05) is 16.4 Å². The summed E-state index contributed by atoms with van der Waals surface area (Å²) in [6.07, 6.45) is 1.77. The SMILES string of the molecule is Cc1cc(C)cc(N2C(=S)N[C@H](c3ccccn3)[C@@H]2c2ccc(-c3ccc(Br)cc3F)o2)c1. The number of benzene rings is 2. The number of hydrogen-bond donors (Lipinski definition) is 1. The number of furan rings is 1. The van der Waals surface area contributed by atoms with Crippen molar-refractivity contribution < 1.29 is 8.81 Å². The third kappa shape index (κ3) is 4.18. The second-order valence-electron chi connectivity index (χ2n) is 8.17. The fourth-order valence-corrected chi connectivity index (χ4v) is 5.04. The third-order valence-corrected chi connectivity index (χ3v) is 6.51. The Balaban J connectivity index is 1.62. The van der Waals surface area contributed by atoms with Crippen LogP contribution in [0, 0.1) is 19.7 Å². The van der Waals surface area contributed by atoms with Crippen molar-refractivity contribution in [1.29, 1.82) is 0 Å². The maximum Gasteiger partial charge on any atom is 0.174 e. The molecule has 0 amide bonds. The molecular formula is C26H21BrFN3OS. The molecule has 0 saturated carbocycles. The normalized spacial score (nSPS) is 17.9. The van der Waals surface area contributed by atoms with Crippen LogP contribution < -0.4 is 10.2 Å². The predicted molar refractivity (Wildman–Crippen MR) is 136 cm³/mol. The highest BCUT2D eigenvalue weighted by Gasteiger charge is 2.42. The lowest BCUT2D eigenvalue weighted by Gasteiger charge is -2.26. The fraction of sp³-hybridized carbons (Fsp3) is 0.154. The molecule has 4 nitrogen and oxygen atoms in total.